The van der Waals surface area contributed by atoms with Gasteiger partial charge in [0.25, 0.3) is 11.1 Å². The number of amides is 2. The van der Waals surface area contributed by atoms with Crippen LogP contribution in [0.5, 0.6) is 5.75 Å². The Balaban J connectivity index is 1.74. The van der Waals surface area contributed by atoms with Crippen LogP contribution in [-0.2, 0) is 9.53 Å². The number of hydrogen-bond donors (Lipinski definition) is 1. The van der Waals surface area contributed by atoms with Crippen molar-refractivity contribution in [2.24, 2.45) is 0 Å². The number of halogens is 1. The summed E-state index contributed by atoms with van der Waals surface area (Å²) in [4.78, 5) is 26.2. The zero-order chi connectivity index (χ0) is 16.4. The molecule has 2 amide bonds. The second-order valence-electron chi connectivity index (χ2n) is 5.49. The van der Waals surface area contributed by atoms with Gasteiger partial charge in [-0.1, -0.05) is 6.07 Å². The van der Waals surface area contributed by atoms with Crippen LogP contribution in [0.1, 0.15) is 24.8 Å². The number of thioether (sulfide) groups is 1. The van der Waals surface area contributed by atoms with E-state index in [0.29, 0.717) is 22.5 Å². The number of carbonyl (C=O) groups excluding carboxylic acids is 2. The van der Waals surface area contributed by atoms with E-state index in [1.807, 2.05) is 0 Å². The smallest absolute Gasteiger partial charge is 0.293 e. The van der Waals surface area contributed by atoms with Gasteiger partial charge in [0.15, 0.2) is 0 Å². The Labute approximate surface area is 146 Å². The van der Waals surface area contributed by atoms with E-state index in [-0.39, 0.29) is 23.0 Å². The molecule has 0 saturated carbocycles. The molecule has 2 saturated heterocycles. The first-order valence-electron chi connectivity index (χ1n) is 7.40. The largest absolute Gasteiger partial charge is 0.507 e. The molecule has 1 aromatic rings. The highest BCUT2D eigenvalue weighted by molar-refractivity contribution is 9.10. The lowest BCUT2D eigenvalue weighted by Crippen LogP contribution is -2.38. The van der Waals surface area contributed by atoms with Crippen LogP contribution in [0.2, 0.25) is 0 Å². The number of phenols is 1. The van der Waals surface area contributed by atoms with E-state index >= 15 is 0 Å². The molecule has 0 spiro atoms. The van der Waals surface area contributed by atoms with Crippen LogP contribution >= 0.6 is 27.7 Å². The Morgan fingerprint density at radius 2 is 2.22 bits per heavy atom. The lowest BCUT2D eigenvalue weighted by atomic mass is 10.1. The summed E-state index contributed by atoms with van der Waals surface area (Å²) in [5, 5.41) is 9.25. The predicted molar refractivity (Wildman–Crippen MR) is 92.1 cm³/mol. The molecule has 7 heteroatoms. The zero-order valence-electron chi connectivity index (χ0n) is 12.3. The second kappa shape index (κ2) is 7.07. The monoisotopic (exact) mass is 397 g/mol. The minimum atomic E-state index is -0.279. The van der Waals surface area contributed by atoms with Gasteiger partial charge in [0.2, 0.25) is 0 Å². The molecule has 0 radical (unpaired) electrons. The molecule has 0 aliphatic carbocycles. The number of aromatic hydroxyl groups is 1. The number of ether oxygens (including phenoxy) is 1. The molecule has 1 atom stereocenters. The molecular formula is C16H16BrNO4S. The molecule has 0 bridgehead atoms. The summed E-state index contributed by atoms with van der Waals surface area (Å²) >= 11 is 4.18. The van der Waals surface area contributed by atoms with Crippen molar-refractivity contribution in [3.05, 3.63) is 33.1 Å². The Hall–Kier alpha value is -1.31. The van der Waals surface area contributed by atoms with Crippen LogP contribution in [0.25, 0.3) is 6.08 Å². The fraction of sp³-hybridized carbons (Fsp3) is 0.375. The number of nitrogens with zero attached hydrogens (tertiary/aromatic N) is 1. The summed E-state index contributed by atoms with van der Waals surface area (Å²) in [5.41, 5.74) is 0.745. The quantitative estimate of drug-likeness (QED) is 0.786. The molecule has 2 aliphatic rings. The van der Waals surface area contributed by atoms with Gasteiger partial charge >= 0.3 is 0 Å². The van der Waals surface area contributed by atoms with Crippen LogP contribution in [-0.4, -0.2) is 40.4 Å². The second-order valence-corrected chi connectivity index (χ2v) is 7.34. The highest BCUT2D eigenvalue weighted by Crippen LogP contribution is 2.34. The minimum absolute atomic E-state index is 0.0561. The van der Waals surface area contributed by atoms with E-state index in [1.165, 1.54) is 11.0 Å². The van der Waals surface area contributed by atoms with Crippen LogP contribution in [0, 0.1) is 0 Å². The van der Waals surface area contributed by atoms with E-state index in [1.54, 1.807) is 18.2 Å². The summed E-state index contributed by atoms with van der Waals surface area (Å²) in [6.45, 7) is 1.01. The summed E-state index contributed by atoms with van der Waals surface area (Å²) in [6, 6.07) is 4.93. The van der Waals surface area contributed by atoms with Crippen molar-refractivity contribution >= 4 is 44.9 Å². The summed E-state index contributed by atoms with van der Waals surface area (Å²) in [5.74, 6) is -0.150. The van der Waals surface area contributed by atoms with E-state index in [2.05, 4.69) is 15.9 Å². The van der Waals surface area contributed by atoms with Gasteiger partial charge in [-0.2, -0.15) is 0 Å². The number of rotatable bonds is 3. The van der Waals surface area contributed by atoms with Gasteiger partial charge < -0.3 is 9.84 Å². The van der Waals surface area contributed by atoms with E-state index < -0.39 is 0 Å². The first kappa shape index (κ1) is 16.5. The van der Waals surface area contributed by atoms with E-state index in [4.69, 9.17) is 4.74 Å². The topological polar surface area (TPSA) is 66.8 Å². The predicted octanol–water partition coefficient (Wildman–Crippen LogP) is 3.76. The Bertz CT molecular complexity index is 670. The van der Waals surface area contributed by atoms with E-state index in [0.717, 1.165) is 36.6 Å². The molecule has 0 aromatic heterocycles. The molecule has 23 heavy (non-hydrogen) atoms. The van der Waals surface area contributed by atoms with E-state index in [9.17, 15) is 14.7 Å². The van der Waals surface area contributed by atoms with Gasteiger partial charge in [-0.25, -0.2) is 0 Å². The Kier molecular flexibility index (Phi) is 5.08. The van der Waals surface area contributed by atoms with Crippen LogP contribution in [0.3, 0.4) is 0 Å². The summed E-state index contributed by atoms with van der Waals surface area (Å²) in [6.07, 6.45) is 4.59. The summed E-state index contributed by atoms with van der Waals surface area (Å²) in [7, 11) is 0. The van der Waals surface area contributed by atoms with Gasteiger partial charge in [-0.05, 0) is 70.7 Å². The average Bonchev–Trinajstić information content (AvgIpc) is 2.80. The number of carbonyl (C=O) groups is 2. The van der Waals surface area contributed by atoms with Crippen molar-refractivity contribution in [1.82, 2.24) is 4.90 Å². The minimum Gasteiger partial charge on any atom is -0.507 e. The number of hydrogen-bond acceptors (Lipinski definition) is 5. The first-order chi connectivity index (χ1) is 11.0. The lowest BCUT2D eigenvalue weighted by molar-refractivity contribution is -0.124. The Morgan fingerprint density at radius 3 is 2.91 bits per heavy atom. The molecule has 2 heterocycles. The third-order valence-electron chi connectivity index (χ3n) is 3.80. The fourth-order valence-corrected chi connectivity index (χ4v) is 3.82. The van der Waals surface area contributed by atoms with Crippen LogP contribution < -0.4 is 0 Å². The maximum Gasteiger partial charge on any atom is 0.293 e. The van der Waals surface area contributed by atoms with Crippen molar-refractivity contribution in [2.75, 3.05) is 13.2 Å². The van der Waals surface area contributed by atoms with Crippen molar-refractivity contribution in [1.29, 1.82) is 0 Å². The molecule has 3 rings (SSSR count). The van der Waals surface area contributed by atoms with Gasteiger partial charge in [-0.3, -0.25) is 14.5 Å². The van der Waals surface area contributed by atoms with Crippen LogP contribution in [0.4, 0.5) is 4.79 Å². The molecule has 1 N–H and O–H groups in total. The zero-order valence-corrected chi connectivity index (χ0v) is 14.7. The van der Waals surface area contributed by atoms with Gasteiger partial charge in [0.1, 0.15) is 5.75 Å². The maximum absolute atomic E-state index is 12.4. The van der Waals surface area contributed by atoms with Crippen LogP contribution in [0.15, 0.2) is 27.6 Å². The first-order valence-corrected chi connectivity index (χ1v) is 9.01. The van der Waals surface area contributed by atoms with Crippen molar-refractivity contribution < 1.29 is 19.4 Å². The SMILES string of the molecule is O=C1S/C(=C\c2ccc(O)c(Br)c2)C(=O)N1CC1CCCCO1. The lowest BCUT2D eigenvalue weighted by Gasteiger charge is -2.25. The van der Waals surface area contributed by atoms with Crippen molar-refractivity contribution in [3.63, 3.8) is 0 Å². The summed E-state index contributed by atoms with van der Waals surface area (Å²) < 4.78 is 6.15. The molecular weight excluding hydrogens is 382 g/mol. The fourth-order valence-electron chi connectivity index (χ4n) is 2.58. The third kappa shape index (κ3) is 3.79. The Morgan fingerprint density at radius 1 is 1.39 bits per heavy atom. The highest BCUT2D eigenvalue weighted by Gasteiger charge is 2.36. The molecule has 2 aliphatic heterocycles. The van der Waals surface area contributed by atoms with Crippen molar-refractivity contribution in [2.45, 2.75) is 25.4 Å². The third-order valence-corrected chi connectivity index (χ3v) is 5.35. The molecule has 5 nitrogen and oxygen atoms in total. The number of phenolic OH excluding ortho intramolecular Hbond substituents is 1. The number of imide groups is 1. The average molecular weight is 398 g/mol. The number of benzene rings is 1. The molecule has 2 fully saturated rings. The van der Waals surface area contributed by atoms with Crippen molar-refractivity contribution in [3.8, 4) is 5.75 Å². The normalized spacial score (nSPS) is 23.8. The van der Waals surface area contributed by atoms with Gasteiger partial charge in [0, 0.05) is 6.61 Å². The van der Waals surface area contributed by atoms with Gasteiger partial charge in [0.05, 0.1) is 22.0 Å². The molecule has 1 unspecified atom stereocenters. The standard InChI is InChI=1S/C16H16BrNO4S/c17-12-7-10(4-5-13(12)19)8-14-15(20)18(16(21)23-14)9-11-3-1-2-6-22-11/h4-5,7-8,11,19H,1-3,6,9H2/b14-8-. The maximum atomic E-state index is 12.4. The van der Waals surface area contributed by atoms with Gasteiger partial charge in [-0.15, -0.1) is 0 Å². The molecule has 122 valence electrons. The highest BCUT2D eigenvalue weighted by atomic mass is 79.9. The molecule has 1 aromatic carbocycles.